The molecule has 1 fully saturated rings. The van der Waals surface area contributed by atoms with Gasteiger partial charge in [0.15, 0.2) is 0 Å². The second kappa shape index (κ2) is 8.85. The smallest absolute Gasteiger partial charge is 0.111 e. The lowest BCUT2D eigenvalue weighted by Crippen LogP contribution is -2.35. The molecule has 1 aliphatic heterocycles. The van der Waals surface area contributed by atoms with Crippen LogP contribution in [0.3, 0.4) is 0 Å². The van der Waals surface area contributed by atoms with Crippen LogP contribution in [-0.2, 0) is 23.2 Å². The van der Waals surface area contributed by atoms with Crippen LogP contribution in [0, 0.1) is 11.3 Å². The fraction of sp³-hybridized carbons (Fsp3) is 0.633. The molecule has 4 atom stereocenters. The standard InChI is InChI=1S/C30H40INO2/c1-17(2)14-19-9-11-20(12-10-19)28-25-26(30(34-28)13-7-8-23(30)31)24-21(32-27(25)18(3)4)15-29(5,6)16-22(24)33/h9-12,17-18,22-23,28,33H,7-8,13-16H2,1-6H3. The monoisotopic (exact) mass is 573 g/mol. The zero-order valence-electron chi connectivity index (χ0n) is 21.6. The molecule has 3 aliphatic rings. The second-order valence-corrected chi connectivity index (χ2v) is 14.0. The van der Waals surface area contributed by atoms with Gasteiger partial charge in [0.1, 0.15) is 11.7 Å². The molecule has 4 unspecified atom stereocenters. The van der Waals surface area contributed by atoms with Crippen molar-refractivity contribution in [1.82, 2.24) is 4.98 Å². The Morgan fingerprint density at radius 1 is 1.12 bits per heavy atom. The van der Waals surface area contributed by atoms with Gasteiger partial charge >= 0.3 is 0 Å². The molecule has 34 heavy (non-hydrogen) atoms. The van der Waals surface area contributed by atoms with Gasteiger partial charge in [-0.05, 0) is 66.9 Å². The number of halogens is 1. The molecule has 0 amide bonds. The Morgan fingerprint density at radius 2 is 1.82 bits per heavy atom. The molecule has 5 rings (SSSR count). The van der Waals surface area contributed by atoms with E-state index in [-0.39, 0.29) is 17.1 Å². The molecule has 0 radical (unpaired) electrons. The molecule has 0 bridgehead atoms. The topological polar surface area (TPSA) is 42.4 Å². The zero-order chi connectivity index (χ0) is 24.4. The average Bonchev–Trinajstić information content (AvgIpc) is 3.27. The van der Waals surface area contributed by atoms with Gasteiger partial charge in [-0.1, -0.05) is 88.4 Å². The first kappa shape index (κ1) is 24.7. The minimum absolute atomic E-state index is 0.0551. The van der Waals surface area contributed by atoms with Crippen LogP contribution in [0.15, 0.2) is 24.3 Å². The highest BCUT2D eigenvalue weighted by atomic mass is 127. The number of ether oxygens (including phenoxy) is 1. The summed E-state index contributed by atoms with van der Waals surface area (Å²) in [4.78, 5) is 5.30. The third-order valence-electron chi connectivity index (χ3n) is 8.10. The predicted molar refractivity (Wildman–Crippen MR) is 147 cm³/mol. The summed E-state index contributed by atoms with van der Waals surface area (Å²) in [6.07, 6.45) is 5.57. The lowest BCUT2D eigenvalue weighted by molar-refractivity contribution is -0.0516. The summed E-state index contributed by atoms with van der Waals surface area (Å²) >= 11 is 2.62. The first-order chi connectivity index (χ1) is 16.0. The van der Waals surface area contributed by atoms with Crippen LogP contribution in [0.4, 0.5) is 0 Å². The largest absolute Gasteiger partial charge is 0.388 e. The Balaban J connectivity index is 1.72. The number of aliphatic hydroxyl groups excluding tert-OH is 1. The number of alkyl halides is 1. The van der Waals surface area contributed by atoms with Crippen LogP contribution >= 0.6 is 22.6 Å². The molecular weight excluding hydrogens is 533 g/mol. The third kappa shape index (κ3) is 4.06. The summed E-state index contributed by atoms with van der Waals surface area (Å²) < 4.78 is 7.60. The number of rotatable bonds is 4. The van der Waals surface area contributed by atoms with Crippen LogP contribution in [-0.4, -0.2) is 14.0 Å². The Kier molecular flexibility index (Phi) is 6.43. The zero-order valence-corrected chi connectivity index (χ0v) is 23.8. The molecular formula is C30H40INO2. The molecule has 3 nitrogen and oxygen atoms in total. The Hall–Kier alpha value is -0.980. The van der Waals surface area contributed by atoms with Gasteiger partial charge in [0.05, 0.1) is 6.10 Å². The van der Waals surface area contributed by atoms with Crippen LogP contribution in [0.2, 0.25) is 0 Å². The number of fused-ring (bicyclic) bond motifs is 4. The molecule has 184 valence electrons. The first-order valence-corrected chi connectivity index (χ1v) is 14.4. The van der Waals surface area contributed by atoms with Crippen molar-refractivity contribution in [3.05, 3.63) is 63.5 Å². The number of benzene rings is 1. The number of pyridine rings is 1. The van der Waals surface area contributed by atoms with Crippen molar-refractivity contribution in [3.63, 3.8) is 0 Å². The first-order valence-electron chi connectivity index (χ1n) is 13.2. The maximum atomic E-state index is 11.5. The van der Waals surface area contributed by atoms with Crippen molar-refractivity contribution in [3.8, 4) is 0 Å². The molecule has 1 aromatic carbocycles. The van der Waals surface area contributed by atoms with Gasteiger partial charge in [0.2, 0.25) is 0 Å². The average molecular weight is 574 g/mol. The second-order valence-electron chi connectivity index (χ2n) is 12.4. The molecule has 4 heteroatoms. The van der Waals surface area contributed by atoms with Crippen LogP contribution in [0.1, 0.15) is 125 Å². The fourth-order valence-electron chi connectivity index (χ4n) is 6.70. The molecule has 1 saturated carbocycles. The van der Waals surface area contributed by atoms with Crippen molar-refractivity contribution in [2.24, 2.45) is 11.3 Å². The van der Waals surface area contributed by atoms with Crippen molar-refractivity contribution >= 4 is 22.6 Å². The summed E-state index contributed by atoms with van der Waals surface area (Å²) in [5.41, 5.74) is 8.27. The van der Waals surface area contributed by atoms with Gasteiger partial charge < -0.3 is 9.84 Å². The maximum absolute atomic E-state index is 11.5. The van der Waals surface area contributed by atoms with Crippen LogP contribution < -0.4 is 0 Å². The van der Waals surface area contributed by atoms with Gasteiger partial charge in [0.25, 0.3) is 0 Å². The van der Waals surface area contributed by atoms with Crippen molar-refractivity contribution in [1.29, 1.82) is 0 Å². The molecule has 2 aliphatic carbocycles. The summed E-state index contributed by atoms with van der Waals surface area (Å²) in [5.74, 6) is 0.946. The highest BCUT2D eigenvalue weighted by molar-refractivity contribution is 14.1. The van der Waals surface area contributed by atoms with Crippen LogP contribution in [0.25, 0.3) is 0 Å². The highest BCUT2D eigenvalue weighted by Gasteiger charge is 2.56. The number of aliphatic hydroxyl groups is 1. The Morgan fingerprint density at radius 3 is 2.41 bits per heavy atom. The Bertz CT molecular complexity index is 1070. The van der Waals surface area contributed by atoms with E-state index in [1.54, 1.807) is 0 Å². The number of aromatic nitrogens is 1. The normalized spacial score (nSPS) is 29.8. The van der Waals surface area contributed by atoms with Gasteiger partial charge in [-0.3, -0.25) is 4.98 Å². The van der Waals surface area contributed by atoms with Gasteiger partial charge in [-0.2, -0.15) is 0 Å². The van der Waals surface area contributed by atoms with Crippen molar-refractivity contribution < 1.29 is 9.84 Å². The summed E-state index contributed by atoms with van der Waals surface area (Å²) in [6, 6.07) is 9.09. The van der Waals surface area contributed by atoms with E-state index in [0.29, 0.717) is 15.8 Å². The predicted octanol–water partition coefficient (Wildman–Crippen LogP) is 7.71. The van der Waals surface area contributed by atoms with Gasteiger partial charge in [-0.25, -0.2) is 0 Å². The number of nitrogens with zero attached hydrogens (tertiary/aromatic N) is 1. The highest BCUT2D eigenvalue weighted by Crippen LogP contribution is 2.61. The van der Waals surface area contributed by atoms with Gasteiger partial charge in [0, 0.05) is 32.0 Å². The van der Waals surface area contributed by atoms with E-state index in [1.807, 2.05) is 0 Å². The molecule has 1 spiro atoms. The molecule has 2 aromatic rings. The van der Waals surface area contributed by atoms with Crippen molar-refractivity contribution in [2.45, 2.75) is 108 Å². The molecule has 1 aromatic heterocycles. The lowest BCUT2D eigenvalue weighted by atomic mass is 9.70. The summed E-state index contributed by atoms with van der Waals surface area (Å²) in [7, 11) is 0. The summed E-state index contributed by atoms with van der Waals surface area (Å²) in [6.45, 7) is 13.6. The molecule has 1 N–H and O–H groups in total. The van der Waals surface area contributed by atoms with E-state index in [1.165, 1.54) is 34.4 Å². The van der Waals surface area contributed by atoms with Crippen LogP contribution in [0.5, 0.6) is 0 Å². The maximum Gasteiger partial charge on any atom is 0.111 e. The van der Waals surface area contributed by atoms with E-state index in [0.717, 1.165) is 43.4 Å². The lowest BCUT2D eigenvalue weighted by Gasteiger charge is -2.39. The number of hydrogen-bond donors (Lipinski definition) is 1. The Labute approximate surface area is 219 Å². The van der Waals surface area contributed by atoms with E-state index in [2.05, 4.69) is 88.4 Å². The van der Waals surface area contributed by atoms with E-state index >= 15 is 0 Å². The van der Waals surface area contributed by atoms with Gasteiger partial charge in [-0.15, -0.1) is 0 Å². The fourth-order valence-corrected chi connectivity index (χ4v) is 7.91. The SMILES string of the molecule is CC(C)Cc1ccc(C2OC3(CCCC3I)c3c4c(nc(C(C)C)c32)CC(C)(C)CC4O)cc1. The quantitative estimate of drug-likeness (QED) is 0.301. The molecule has 0 saturated heterocycles. The minimum Gasteiger partial charge on any atom is -0.388 e. The molecule has 2 heterocycles. The van der Waals surface area contributed by atoms with E-state index in [9.17, 15) is 5.11 Å². The third-order valence-corrected chi connectivity index (χ3v) is 9.73. The van der Waals surface area contributed by atoms with E-state index < -0.39 is 6.10 Å². The van der Waals surface area contributed by atoms with E-state index in [4.69, 9.17) is 9.72 Å². The minimum atomic E-state index is -0.474. The summed E-state index contributed by atoms with van der Waals surface area (Å²) in [5, 5.41) is 11.5. The van der Waals surface area contributed by atoms with Crippen molar-refractivity contribution in [2.75, 3.05) is 0 Å². The number of hydrogen-bond acceptors (Lipinski definition) is 3.